The summed E-state index contributed by atoms with van der Waals surface area (Å²) in [5.41, 5.74) is 8.22. The van der Waals surface area contributed by atoms with Gasteiger partial charge in [0.2, 0.25) is 0 Å². The molecule has 0 atom stereocenters. The summed E-state index contributed by atoms with van der Waals surface area (Å²) < 4.78 is 5.16. The molecule has 0 spiro atoms. The van der Waals surface area contributed by atoms with Crippen LogP contribution in [0.15, 0.2) is 73.2 Å². The lowest BCUT2D eigenvalue weighted by Crippen LogP contribution is -2.44. The number of pyridine rings is 3. The van der Waals surface area contributed by atoms with E-state index in [9.17, 15) is 9.59 Å². The summed E-state index contributed by atoms with van der Waals surface area (Å²) in [5.74, 6) is -0.507. The number of amides is 2. The summed E-state index contributed by atoms with van der Waals surface area (Å²) >= 11 is 0. The van der Waals surface area contributed by atoms with E-state index in [1.807, 2.05) is 42.5 Å². The second-order valence-corrected chi connectivity index (χ2v) is 8.32. The summed E-state index contributed by atoms with van der Waals surface area (Å²) in [6.07, 6.45) is 4.18. The molecule has 166 valence electrons. The summed E-state index contributed by atoms with van der Waals surface area (Å²) in [4.78, 5) is 38.0. The lowest BCUT2D eigenvalue weighted by molar-refractivity contribution is 0.0483. The maximum absolute atomic E-state index is 12.9. The Hall–Kier alpha value is -4.33. The number of ether oxygens (including phenoxy) is 1. The first-order valence-electron chi connectivity index (χ1n) is 10.4. The summed E-state index contributed by atoms with van der Waals surface area (Å²) in [6.45, 7) is 5.21. The smallest absolute Gasteiger partial charge is 0.426 e. The predicted octanol–water partition coefficient (Wildman–Crippen LogP) is 4.53. The Morgan fingerprint density at radius 3 is 2.27 bits per heavy atom. The maximum Gasteiger partial charge on any atom is 0.426 e. The number of hydrogen-bond donors (Lipinski definition) is 2. The second-order valence-electron chi connectivity index (χ2n) is 8.32. The van der Waals surface area contributed by atoms with Gasteiger partial charge < -0.3 is 4.74 Å². The van der Waals surface area contributed by atoms with Crippen molar-refractivity contribution in [3.05, 3.63) is 78.8 Å². The number of nitrogens with zero attached hydrogens (tertiary/aromatic N) is 3. The Balaban J connectivity index is 1.63. The third-order valence-corrected chi connectivity index (χ3v) is 4.67. The summed E-state index contributed by atoms with van der Waals surface area (Å²) in [7, 11) is 0. The topological polar surface area (TPSA) is 106 Å². The monoisotopic (exact) mass is 441 g/mol. The van der Waals surface area contributed by atoms with E-state index in [0.29, 0.717) is 22.2 Å². The standard InChI is InChI=1S/C25H23N5O3/c1-25(2,3)33-24(32)30-29-23(31)18-14-22(28-21-11-13-26-15-19(18)21)17-9-7-16(8-10-17)20-6-4-5-12-27-20/h4-15H,1-3H3,(H,29,31)(H,30,32). The number of rotatable bonds is 3. The van der Waals surface area contributed by atoms with Crippen LogP contribution in [0, 0.1) is 0 Å². The van der Waals surface area contributed by atoms with Gasteiger partial charge in [0.25, 0.3) is 5.91 Å². The lowest BCUT2D eigenvalue weighted by Gasteiger charge is -2.19. The molecule has 0 aliphatic heterocycles. The molecule has 2 amide bonds. The van der Waals surface area contributed by atoms with Crippen molar-refractivity contribution in [3.8, 4) is 22.5 Å². The fourth-order valence-corrected chi connectivity index (χ4v) is 3.23. The van der Waals surface area contributed by atoms with Crippen LogP contribution < -0.4 is 10.9 Å². The molecule has 0 saturated heterocycles. The van der Waals surface area contributed by atoms with Crippen molar-refractivity contribution in [2.45, 2.75) is 26.4 Å². The number of carbonyl (C=O) groups is 2. The maximum atomic E-state index is 12.9. The van der Waals surface area contributed by atoms with Crippen LogP contribution in [0.5, 0.6) is 0 Å². The van der Waals surface area contributed by atoms with Crippen molar-refractivity contribution in [2.24, 2.45) is 0 Å². The number of benzene rings is 1. The summed E-state index contributed by atoms with van der Waals surface area (Å²) in [5, 5.41) is 0.565. The average molecular weight is 441 g/mol. The van der Waals surface area contributed by atoms with E-state index in [2.05, 4.69) is 25.8 Å². The van der Waals surface area contributed by atoms with Gasteiger partial charge >= 0.3 is 6.09 Å². The normalized spacial score (nSPS) is 11.1. The summed E-state index contributed by atoms with van der Waals surface area (Å²) in [6, 6.07) is 16.9. The highest BCUT2D eigenvalue weighted by Gasteiger charge is 2.18. The quantitative estimate of drug-likeness (QED) is 0.453. The Morgan fingerprint density at radius 1 is 0.879 bits per heavy atom. The van der Waals surface area contributed by atoms with Crippen molar-refractivity contribution in [1.82, 2.24) is 25.8 Å². The zero-order chi connectivity index (χ0) is 23.4. The van der Waals surface area contributed by atoms with Crippen LogP contribution in [0.2, 0.25) is 0 Å². The Kier molecular flexibility index (Phi) is 5.99. The van der Waals surface area contributed by atoms with Crippen LogP contribution in [0.25, 0.3) is 33.4 Å². The first kappa shape index (κ1) is 21.9. The molecule has 33 heavy (non-hydrogen) atoms. The third-order valence-electron chi connectivity index (χ3n) is 4.67. The van der Waals surface area contributed by atoms with Crippen LogP contribution in [0.3, 0.4) is 0 Å². The van der Waals surface area contributed by atoms with Crippen LogP contribution in [-0.2, 0) is 4.74 Å². The lowest BCUT2D eigenvalue weighted by atomic mass is 10.0. The Labute approximate surface area is 191 Å². The van der Waals surface area contributed by atoms with Crippen LogP contribution >= 0.6 is 0 Å². The van der Waals surface area contributed by atoms with E-state index < -0.39 is 17.6 Å². The highest BCUT2D eigenvalue weighted by molar-refractivity contribution is 6.07. The molecule has 4 aromatic rings. The molecule has 1 aromatic carbocycles. The SMILES string of the molecule is CC(C)(C)OC(=O)NNC(=O)c1cc(-c2ccc(-c3ccccn3)cc2)nc2ccncc12. The van der Waals surface area contributed by atoms with Gasteiger partial charge in [-0.3, -0.25) is 20.2 Å². The number of carbonyl (C=O) groups excluding carboxylic acids is 2. The zero-order valence-corrected chi connectivity index (χ0v) is 18.5. The van der Waals surface area contributed by atoms with E-state index >= 15 is 0 Å². The first-order chi connectivity index (χ1) is 15.8. The van der Waals surface area contributed by atoms with E-state index in [4.69, 9.17) is 4.74 Å². The number of hydrogen-bond acceptors (Lipinski definition) is 6. The molecule has 8 nitrogen and oxygen atoms in total. The van der Waals surface area contributed by atoms with Crippen molar-refractivity contribution < 1.29 is 14.3 Å². The van der Waals surface area contributed by atoms with Crippen molar-refractivity contribution >= 4 is 22.9 Å². The molecule has 4 rings (SSSR count). The number of hydrazine groups is 1. The van der Waals surface area contributed by atoms with Gasteiger partial charge in [-0.15, -0.1) is 0 Å². The molecule has 0 unspecified atom stereocenters. The van der Waals surface area contributed by atoms with E-state index in [1.54, 1.807) is 51.5 Å². The van der Waals surface area contributed by atoms with Gasteiger partial charge in [-0.05, 0) is 45.0 Å². The molecule has 0 fully saturated rings. The van der Waals surface area contributed by atoms with Crippen molar-refractivity contribution in [2.75, 3.05) is 0 Å². The minimum Gasteiger partial charge on any atom is -0.443 e. The van der Waals surface area contributed by atoms with Crippen molar-refractivity contribution in [1.29, 1.82) is 0 Å². The fraction of sp³-hybridized carbons (Fsp3) is 0.160. The van der Waals surface area contributed by atoms with E-state index in [1.165, 1.54) is 0 Å². The highest BCUT2D eigenvalue weighted by Crippen LogP contribution is 2.26. The zero-order valence-electron chi connectivity index (χ0n) is 18.5. The molecule has 0 saturated carbocycles. The molecule has 0 aliphatic rings. The highest BCUT2D eigenvalue weighted by atomic mass is 16.6. The molecule has 0 bridgehead atoms. The molecule has 0 radical (unpaired) electrons. The predicted molar refractivity (Wildman–Crippen MR) is 125 cm³/mol. The minimum absolute atomic E-state index is 0.327. The van der Waals surface area contributed by atoms with Crippen LogP contribution in [0.4, 0.5) is 4.79 Å². The van der Waals surface area contributed by atoms with Gasteiger partial charge in [-0.2, -0.15) is 0 Å². The fourth-order valence-electron chi connectivity index (χ4n) is 3.23. The van der Waals surface area contributed by atoms with Gasteiger partial charge in [-0.1, -0.05) is 30.3 Å². The van der Waals surface area contributed by atoms with Crippen molar-refractivity contribution in [3.63, 3.8) is 0 Å². The van der Waals surface area contributed by atoms with Crippen LogP contribution in [0.1, 0.15) is 31.1 Å². The largest absolute Gasteiger partial charge is 0.443 e. The molecule has 3 aromatic heterocycles. The van der Waals surface area contributed by atoms with E-state index in [0.717, 1.165) is 16.8 Å². The van der Waals surface area contributed by atoms with Crippen LogP contribution in [-0.4, -0.2) is 32.6 Å². The first-order valence-corrected chi connectivity index (χ1v) is 10.4. The second kappa shape index (κ2) is 9.04. The van der Waals surface area contributed by atoms with Gasteiger partial charge in [0.05, 0.1) is 22.5 Å². The average Bonchev–Trinajstić information content (AvgIpc) is 2.81. The van der Waals surface area contributed by atoms with Gasteiger partial charge in [-0.25, -0.2) is 15.2 Å². The molecular weight excluding hydrogens is 418 g/mol. The molecule has 8 heteroatoms. The molecule has 3 heterocycles. The van der Waals surface area contributed by atoms with Gasteiger partial charge in [0, 0.05) is 35.1 Å². The molecule has 0 aliphatic carbocycles. The number of fused-ring (bicyclic) bond motifs is 1. The minimum atomic E-state index is -0.752. The Morgan fingerprint density at radius 2 is 1.61 bits per heavy atom. The molecule has 2 N–H and O–H groups in total. The van der Waals surface area contributed by atoms with Gasteiger partial charge in [0.1, 0.15) is 5.60 Å². The molecular formula is C25H23N5O3. The Bertz CT molecular complexity index is 1300. The number of nitrogens with one attached hydrogen (secondary N) is 2. The number of aromatic nitrogens is 3. The third kappa shape index (κ3) is 5.30. The van der Waals surface area contributed by atoms with E-state index in [-0.39, 0.29) is 0 Å². The van der Waals surface area contributed by atoms with Gasteiger partial charge in [0.15, 0.2) is 0 Å².